The highest BCUT2D eigenvalue weighted by Crippen LogP contribution is 2.40. The molecule has 3 aliphatic heterocycles. The third kappa shape index (κ3) is 4.33. The van der Waals surface area contributed by atoms with Crippen LogP contribution in [-0.2, 0) is 11.3 Å². The number of urea groups is 1. The summed E-state index contributed by atoms with van der Waals surface area (Å²) in [6.07, 6.45) is 5.56. The van der Waals surface area contributed by atoms with Crippen LogP contribution in [0.15, 0.2) is 48.8 Å². The van der Waals surface area contributed by atoms with Gasteiger partial charge in [0.25, 0.3) is 0 Å². The van der Waals surface area contributed by atoms with E-state index in [-0.39, 0.29) is 6.03 Å². The van der Waals surface area contributed by atoms with E-state index in [0.717, 1.165) is 56.2 Å². The van der Waals surface area contributed by atoms with Crippen molar-refractivity contribution >= 4 is 23.2 Å². The van der Waals surface area contributed by atoms with Crippen LogP contribution >= 0.6 is 0 Å². The van der Waals surface area contributed by atoms with Crippen molar-refractivity contribution in [3.63, 3.8) is 0 Å². The first-order chi connectivity index (χ1) is 17.2. The lowest BCUT2D eigenvalue weighted by atomic mass is 9.95. The van der Waals surface area contributed by atoms with Gasteiger partial charge in [-0.05, 0) is 55.2 Å². The number of ether oxygens (including phenoxy) is 1. The Hall–Kier alpha value is -3.56. The number of hydrogen-bond donors (Lipinski definition) is 3. The van der Waals surface area contributed by atoms with Gasteiger partial charge < -0.3 is 25.6 Å². The average Bonchev–Trinajstić information content (AvgIpc) is 3.12. The number of nitrogens with zero attached hydrogens (tertiary/aromatic N) is 4. The van der Waals surface area contributed by atoms with E-state index in [1.807, 2.05) is 24.3 Å². The molecule has 0 aliphatic carbocycles. The molecule has 3 unspecified atom stereocenters. The maximum atomic E-state index is 12.3. The van der Waals surface area contributed by atoms with E-state index in [9.17, 15) is 4.79 Å². The number of pyridine rings is 1. The molecule has 2 amide bonds. The van der Waals surface area contributed by atoms with E-state index in [1.165, 1.54) is 5.56 Å². The number of anilines is 3. The Labute approximate surface area is 204 Å². The molecule has 1 aromatic carbocycles. The summed E-state index contributed by atoms with van der Waals surface area (Å²) in [5.41, 5.74) is 4.66. The van der Waals surface area contributed by atoms with Crippen LogP contribution in [-0.4, -0.2) is 52.8 Å². The van der Waals surface area contributed by atoms with Gasteiger partial charge in [0.2, 0.25) is 0 Å². The molecule has 3 N–H and O–H groups in total. The van der Waals surface area contributed by atoms with Crippen LogP contribution in [0.1, 0.15) is 36.9 Å². The fourth-order valence-corrected chi connectivity index (χ4v) is 5.38. The van der Waals surface area contributed by atoms with Crippen molar-refractivity contribution in [1.29, 1.82) is 0 Å². The number of rotatable bonds is 4. The minimum atomic E-state index is -0.306. The number of morpholine rings is 1. The molecule has 2 fully saturated rings. The zero-order chi connectivity index (χ0) is 23.8. The van der Waals surface area contributed by atoms with Gasteiger partial charge in [0, 0.05) is 48.0 Å². The molecule has 5 heterocycles. The summed E-state index contributed by atoms with van der Waals surface area (Å²) in [6.45, 7) is 5.46. The van der Waals surface area contributed by atoms with Crippen LogP contribution in [0.5, 0.6) is 0 Å². The molecule has 3 atom stereocenters. The summed E-state index contributed by atoms with van der Waals surface area (Å²) >= 11 is 0. The second-order valence-electron chi connectivity index (χ2n) is 9.49. The van der Waals surface area contributed by atoms with E-state index in [2.05, 4.69) is 32.8 Å². The lowest BCUT2D eigenvalue weighted by molar-refractivity contribution is 0.0900. The van der Waals surface area contributed by atoms with Crippen LogP contribution in [0.4, 0.5) is 22.0 Å². The van der Waals surface area contributed by atoms with E-state index < -0.39 is 0 Å². The average molecular weight is 472 g/mol. The molecular weight excluding hydrogens is 442 g/mol. The highest BCUT2D eigenvalue weighted by molar-refractivity contribution is 5.99. The Morgan fingerprint density at radius 1 is 1.00 bits per heavy atom. The molecule has 2 saturated heterocycles. The predicted octanol–water partition coefficient (Wildman–Crippen LogP) is 3.76. The van der Waals surface area contributed by atoms with Gasteiger partial charge in [-0.2, -0.15) is 0 Å². The summed E-state index contributed by atoms with van der Waals surface area (Å²) < 4.78 is 5.84. The lowest BCUT2D eigenvalue weighted by Crippen LogP contribution is -2.47. The van der Waals surface area contributed by atoms with Gasteiger partial charge in [0.1, 0.15) is 5.82 Å². The Kier molecular flexibility index (Phi) is 5.79. The van der Waals surface area contributed by atoms with Crippen molar-refractivity contribution < 1.29 is 9.53 Å². The van der Waals surface area contributed by atoms with Gasteiger partial charge >= 0.3 is 6.03 Å². The number of carbonyl (C=O) groups excluding carboxylic acids is 1. The first-order valence-electron chi connectivity index (χ1n) is 12.2. The molecule has 35 heavy (non-hydrogen) atoms. The molecule has 9 heteroatoms. The van der Waals surface area contributed by atoms with Crippen molar-refractivity contribution in [2.24, 2.45) is 0 Å². The number of carbonyl (C=O) groups is 1. The summed E-state index contributed by atoms with van der Waals surface area (Å²) in [7, 11) is 0. The van der Waals surface area contributed by atoms with Crippen molar-refractivity contribution in [3.05, 3.63) is 60.0 Å². The third-order valence-corrected chi connectivity index (χ3v) is 7.06. The van der Waals surface area contributed by atoms with Crippen molar-refractivity contribution in [2.45, 2.75) is 44.3 Å². The van der Waals surface area contributed by atoms with Crippen LogP contribution in [0.3, 0.4) is 0 Å². The zero-order valence-electron chi connectivity index (χ0n) is 19.7. The summed E-state index contributed by atoms with van der Waals surface area (Å²) in [6, 6.07) is 11.6. The van der Waals surface area contributed by atoms with Gasteiger partial charge in [-0.3, -0.25) is 4.98 Å². The van der Waals surface area contributed by atoms with Gasteiger partial charge in [0.15, 0.2) is 5.82 Å². The van der Waals surface area contributed by atoms with Crippen LogP contribution in [0.25, 0.3) is 11.4 Å². The Morgan fingerprint density at radius 3 is 2.40 bits per heavy atom. The number of benzene rings is 1. The first-order valence-corrected chi connectivity index (χ1v) is 12.2. The van der Waals surface area contributed by atoms with Crippen LogP contribution in [0.2, 0.25) is 0 Å². The molecule has 2 bridgehead atoms. The molecule has 3 aromatic rings. The summed E-state index contributed by atoms with van der Waals surface area (Å²) in [5.74, 6) is 2.15. The maximum absolute atomic E-state index is 12.3. The third-order valence-electron chi connectivity index (χ3n) is 7.06. The Morgan fingerprint density at radius 2 is 1.69 bits per heavy atom. The van der Waals surface area contributed by atoms with E-state index in [0.29, 0.717) is 35.2 Å². The fraction of sp³-hybridized carbons (Fsp3) is 0.385. The summed E-state index contributed by atoms with van der Waals surface area (Å²) in [5, 5.41) is 9.16. The molecule has 0 saturated carbocycles. The molecule has 6 rings (SSSR count). The van der Waals surface area contributed by atoms with Crippen molar-refractivity contribution in [1.82, 2.24) is 20.3 Å². The van der Waals surface area contributed by atoms with E-state index in [1.54, 1.807) is 24.5 Å². The van der Waals surface area contributed by atoms with Crippen molar-refractivity contribution in [3.8, 4) is 11.4 Å². The summed E-state index contributed by atoms with van der Waals surface area (Å²) in [4.78, 5) is 28.9. The molecule has 0 radical (unpaired) electrons. The SMILES string of the molecule is CC1CNCc2nc(-c3ccc(NC(=O)Nc4ccncc4)cc3)nc(N3C4CCC3COC4)c21. The quantitative estimate of drug-likeness (QED) is 0.532. The molecule has 3 aliphatic rings. The second-order valence-corrected chi connectivity index (χ2v) is 9.49. The van der Waals surface area contributed by atoms with E-state index in [4.69, 9.17) is 14.7 Å². The van der Waals surface area contributed by atoms with Crippen LogP contribution < -0.4 is 20.9 Å². The maximum Gasteiger partial charge on any atom is 0.323 e. The highest BCUT2D eigenvalue weighted by atomic mass is 16.5. The number of aromatic nitrogens is 3. The molecular formula is C26H29N7O2. The fourth-order valence-electron chi connectivity index (χ4n) is 5.38. The monoisotopic (exact) mass is 471 g/mol. The lowest BCUT2D eigenvalue weighted by Gasteiger charge is -2.39. The van der Waals surface area contributed by atoms with Gasteiger partial charge in [0.05, 0.1) is 31.0 Å². The molecule has 9 nitrogen and oxygen atoms in total. The molecule has 0 spiro atoms. The second kappa shape index (κ2) is 9.24. The van der Waals surface area contributed by atoms with Crippen LogP contribution in [0, 0.1) is 0 Å². The topological polar surface area (TPSA) is 104 Å². The largest absolute Gasteiger partial charge is 0.377 e. The number of amides is 2. The number of hydrogen-bond acceptors (Lipinski definition) is 7. The highest BCUT2D eigenvalue weighted by Gasteiger charge is 2.40. The van der Waals surface area contributed by atoms with Gasteiger partial charge in [-0.1, -0.05) is 6.92 Å². The van der Waals surface area contributed by atoms with E-state index >= 15 is 0 Å². The van der Waals surface area contributed by atoms with Gasteiger partial charge in [-0.15, -0.1) is 0 Å². The zero-order valence-corrected chi connectivity index (χ0v) is 19.7. The number of nitrogens with one attached hydrogen (secondary N) is 3. The van der Waals surface area contributed by atoms with Crippen molar-refractivity contribution in [2.75, 3.05) is 35.3 Å². The first kappa shape index (κ1) is 21.9. The minimum Gasteiger partial charge on any atom is -0.377 e. The predicted molar refractivity (Wildman–Crippen MR) is 135 cm³/mol. The number of fused-ring (bicyclic) bond motifs is 3. The standard InChI is InChI=1S/C26H29N7O2/c1-16-12-28-13-22-23(16)25(33-20-6-7-21(33)15-35-14-20)32-24(31-22)17-2-4-18(5-3-17)29-26(34)30-19-8-10-27-11-9-19/h2-5,8-11,16,20-21,28H,6-7,12-15H2,1H3,(H2,27,29,30,34). The molecule has 180 valence electrons. The minimum absolute atomic E-state index is 0.306. The van der Waals surface area contributed by atoms with Gasteiger partial charge in [-0.25, -0.2) is 14.8 Å². The Balaban J connectivity index is 1.28. The smallest absolute Gasteiger partial charge is 0.323 e. The normalized spacial score (nSPS) is 23.0. The molecule has 2 aromatic heterocycles. The Bertz CT molecular complexity index is 1200.